The fourth-order valence-corrected chi connectivity index (χ4v) is 3.98. The molecule has 0 aromatic heterocycles. The van der Waals surface area contributed by atoms with Crippen molar-refractivity contribution in [3.63, 3.8) is 0 Å². The highest BCUT2D eigenvalue weighted by atomic mass is 16.3. The summed E-state index contributed by atoms with van der Waals surface area (Å²) in [6.45, 7) is 1.86. The Kier molecular flexibility index (Phi) is 6.79. The second kappa shape index (κ2) is 8.61. The summed E-state index contributed by atoms with van der Waals surface area (Å²) in [7, 11) is 3.59. The lowest BCUT2D eigenvalue weighted by Gasteiger charge is -2.18. The zero-order valence-electron chi connectivity index (χ0n) is 15.2. The number of fused-ring (bicyclic) bond motifs is 1. The highest BCUT2D eigenvalue weighted by molar-refractivity contribution is 5.89. The van der Waals surface area contributed by atoms with Crippen molar-refractivity contribution in [3.05, 3.63) is 23.8 Å². The largest absolute Gasteiger partial charge is 0.392 e. The summed E-state index contributed by atoms with van der Waals surface area (Å²) in [6.07, 6.45) is 11.6. The first kappa shape index (κ1) is 18.9. The van der Waals surface area contributed by atoms with Gasteiger partial charge in [0, 0.05) is 32.9 Å². The van der Waals surface area contributed by atoms with Gasteiger partial charge in [-0.25, -0.2) is 0 Å². The van der Waals surface area contributed by atoms with Crippen molar-refractivity contribution in [3.8, 4) is 0 Å². The molecule has 0 aromatic carbocycles. The predicted octanol–water partition coefficient (Wildman–Crippen LogP) is 3.11. The Balaban J connectivity index is 1.80. The highest BCUT2D eigenvalue weighted by Crippen LogP contribution is 2.48. The average molecular weight is 333 g/mol. The highest BCUT2D eigenvalue weighted by Gasteiger charge is 2.43. The number of ketones is 1. The number of aliphatic hydroxyl groups is 1. The molecule has 4 nitrogen and oxygen atoms in total. The number of aliphatic hydroxyl groups excluding tert-OH is 1. The molecule has 0 aromatic rings. The lowest BCUT2D eigenvalue weighted by atomic mass is 9.88. The Bertz CT molecular complexity index is 521. The van der Waals surface area contributed by atoms with Crippen LogP contribution in [0, 0.1) is 17.8 Å². The molecule has 2 aliphatic rings. The lowest BCUT2D eigenvalue weighted by Crippen LogP contribution is -2.21. The van der Waals surface area contributed by atoms with Crippen LogP contribution >= 0.6 is 0 Å². The third-order valence-electron chi connectivity index (χ3n) is 5.44. The summed E-state index contributed by atoms with van der Waals surface area (Å²) in [5, 5.41) is 10.3. The molecule has 0 saturated heterocycles. The summed E-state index contributed by atoms with van der Waals surface area (Å²) in [5.41, 5.74) is 1.47. The molecule has 0 aliphatic heterocycles. The Hall–Kier alpha value is -1.42. The van der Waals surface area contributed by atoms with Gasteiger partial charge >= 0.3 is 0 Å². The molecular weight excluding hydrogens is 302 g/mol. The molecule has 1 saturated carbocycles. The number of carbonyl (C=O) groups excluding carboxylic acids is 2. The van der Waals surface area contributed by atoms with Gasteiger partial charge in [0.25, 0.3) is 0 Å². The van der Waals surface area contributed by atoms with Crippen LogP contribution in [0.5, 0.6) is 0 Å². The third-order valence-corrected chi connectivity index (χ3v) is 5.44. The average Bonchev–Trinajstić information content (AvgIpc) is 3.05. The summed E-state index contributed by atoms with van der Waals surface area (Å²) in [5.74, 6) is 1.32. The van der Waals surface area contributed by atoms with Gasteiger partial charge in [-0.3, -0.25) is 9.59 Å². The van der Waals surface area contributed by atoms with Crippen LogP contribution in [0.2, 0.25) is 0 Å². The van der Waals surface area contributed by atoms with Crippen molar-refractivity contribution in [2.75, 3.05) is 14.1 Å². The maximum Gasteiger partial charge on any atom is 0.222 e. The minimum absolute atomic E-state index is 0.106. The second-order valence-corrected chi connectivity index (χ2v) is 7.41. The van der Waals surface area contributed by atoms with Crippen LogP contribution < -0.4 is 0 Å². The number of nitrogens with zero attached hydrogens (tertiary/aromatic N) is 1. The molecule has 0 radical (unpaired) electrons. The summed E-state index contributed by atoms with van der Waals surface area (Å²) >= 11 is 0. The SMILES string of the molecule is CCC(=O)C=C[C@@H]1[C@H]2CC(CCCCC(=O)N(C)C)=C[C@H]2C[C@H]1O. The van der Waals surface area contributed by atoms with Gasteiger partial charge in [0.2, 0.25) is 5.91 Å². The predicted molar refractivity (Wildman–Crippen MR) is 95.4 cm³/mol. The number of hydrogen-bond donors (Lipinski definition) is 1. The molecule has 2 aliphatic carbocycles. The molecule has 1 fully saturated rings. The van der Waals surface area contributed by atoms with E-state index in [1.165, 1.54) is 5.57 Å². The van der Waals surface area contributed by atoms with Crippen molar-refractivity contribution >= 4 is 11.7 Å². The molecule has 24 heavy (non-hydrogen) atoms. The fourth-order valence-electron chi connectivity index (χ4n) is 3.98. The van der Waals surface area contributed by atoms with E-state index < -0.39 is 0 Å². The van der Waals surface area contributed by atoms with Crippen LogP contribution in [0.1, 0.15) is 51.9 Å². The van der Waals surface area contributed by atoms with Gasteiger partial charge in [0.1, 0.15) is 0 Å². The van der Waals surface area contributed by atoms with E-state index in [1.54, 1.807) is 25.1 Å². The maximum atomic E-state index is 11.6. The maximum absolute atomic E-state index is 11.6. The van der Waals surface area contributed by atoms with E-state index in [1.807, 2.05) is 13.0 Å². The van der Waals surface area contributed by atoms with Crippen LogP contribution in [0.25, 0.3) is 0 Å². The zero-order valence-corrected chi connectivity index (χ0v) is 15.2. The van der Waals surface area contributed by atoms with Crippen LogP contribution in [0.4, 0.5) is 0 Å². The first-order chi connectivity index (χ1) is 11.4. The van der Waals surface area contributed by atoms with Gasteiger partial charge in [0.15, 0.2) is 5.78 Å². The van der Waals surface area contributed by atoms with E-state index >= 15 is 0 Å². The van der Waals surface area contributed by atoms with Gasteiger partial charge in [-0.05, 0) is 50.0 Å². The number of amides is 1. The normalized spacial score (nSPS) is 28.9. The van der Waals surface area contributed by atoms with Crippen LogP contribution in [0.3, 0.4) is 0 Å². The van der Waals surface area contributed by atoms with Gasteiger partial charge in [-0.1, -0.05) is 24.6 Å². The molecule has 0 bridgehead atoms. The van der Waals surface area contributed by atoms with Crippen LogP contribution in [-0.4, -0.2) is 41.9 Å². The number of rotatable bonds is 8. The molecule has 0 unspecified atom stereocenters. The lowest BCUT2D eigenvalue weighted by molar-refractivity contribution is -0.128. The first-order valence-electron chi connectivity index (χ1n) is 9.21. The van der Waals surface area contributed by atoms with Gasteiger partial charge in [0.05, 0.1) is 6.10 Å². The minimum Gasteiger partial charge on any atom is -0.392 e. The van der Waals surface area contributed by atoms with E-state index in [0.29, 0.717) is 24.7 Å². The van der Waals surface area contributed by atoms with Crippen molar-refractivity contribution in [2.24, 2.45) is 17.8 Å². The molecule has 134 valence electrons. The molecular formula is C20H31NO3. The Labute approximate surface area is 145 Å². The molecule has 4 heteroatoms. The zero-order chi connectivity index (χ0) is 17.7. The molecule has 4 atom stereocenters. The van der Waals surface area contributed by atoms with E-state index in [4.69, 9.17) is 0 Å². The van der Waals surface area contributed by atoms with Gasteiger partial charge in [-0.15, -0.1) is 0 Å². The standard InChI is InChI=1S/C20H31NO3/c1-4-16(22)9-10-17-18-12-14(11-15(18)13-19(17)23)7-5-6-8-20(24)21(2)3/h9-11,15,17-19,23H,4-8,12-13H2,1-3H3/t15-,17+,18-,19+/m0/s1. The van der Waals surface area contributed by atoms with Crippen LogP contribution in [0.15, 0.2) is 23.8 Å². The number of allylic oxidation sites excluding steroid dienone is 3. The number of unbranched alkanes of at least 4 members (excludes halogenated alkanes) is 1. The molecule has 2 rings (SSSR count). The van der Waals surface area contributed by atoms with E-state index in [-0.39, 0.29) is 23.7 Å². The fraction of sp³-hybridized carbons (Fsp3) is 0.700. The van der Waals surface area contributed by atoms with Crippen molar-refractivity contribution in [1.82, 2.24) is 4.90 Å². The minimum atomic E-state index is -0.323. The van der Waals surface area contributed by atoms with Gasteiger partial charge < -0.3 is 10.0 Å². The quantitative estimate of drug-likeness (QED) is 0.422. The smallest absolute Gasteiger partial charge is 0.222 e. The summed E-state index contributed by atoms with van der Waals surface area (Å²) < 4.78 is 0. The number of hydrogen-bond acceptors (Lipinski definition) is 3. The Morgan fingerprint density at radius 1 is 1.33 bits per heavy atom. The van der Waals surface area contributed by atoms with Crippen LogP contribution in [-0.2, 0) is 9.59 Å². The molecule has 1 amide bonds. The van der Waals surface area contributed by atoms with E-state index in [9.17, 15) is 14.7 Å². The Morgan fingerprint density at radius 3 is 2.75 bits per heavy atom. The second-order valence-electron chi connectivity index (χ2n) is 7.41. The number of carbonyl (C=O) groups is 2. The summed E-state index contributed by atoms with van der Waals surface area (Å²) in [6, 6.07) is 0. The Morgan fingerprint density at radius 2 is 2.08 bits per heavy atom. The molecule has 1 N–H and O–H groups in total. The monoisotopic (exact) mass is 333 g/mol. The molecule has 0 spiro atoms. The third kappa shape index (κ3) is 4.79. The molecule has 0 heterocycles. The van der Waals surface area contributed by atoms with E-state index in [0.717, 1.165) is 32.1 Å². The summed E-state index contributed by atoms with van der Waals surface area (Å²) in [4.78, 5) is 24.7. The van der Waals surface area contributed by atoms with Gasteiger partial charge in [-0.2, -0.15) is 0 Å². The van der Waals surface area contributed by atoms with Crippen molar-refractivity contribution in [2.45, 2.75) is 58.0 Å². The first-order valence-corrected chi connectivity index (χ1v) is 9.21. The van der Waals surface area contributed by atoms with E-state index in [2.05, 4.69) is 6.08 Å². The van der Waals surface area contributed by atoms with Crippen molar-refractivity contribution < 1.29 is 14.7 Å². The van der Waals surface area contributed by atoms with Crippen molar-refractivity contribution in [1.29, 1.82) is 0 Å². The topological polar surface area (TPSA) is 57.6 Å².